The van der Waals surface area contributed by atoms with Crippen molar-refractivity contribution in [3.05, 3.63) is 101 Å². The number of rotatable bonds is 7. The second-order valence-electron chi connectivity index (χ2n) is 8.86. The minimum Gasteiger partial charge on any atom is -0.390 e. The number of para-hydroxylation sites is 2. The van der Waals surface area contributed by atoms with E-state index in [1.807, 2.05) is 47.3 Å². The number of β-amino-alcohol motifs (C(OH)–C–C–N with tert-alkyl or cyclic N) is 1. The largest absolute Gasteiger partial charge is 0.390 e. The number of aromatic nitrogens is 2. The predicted octanol–water partition coefficient (Wildman–Crippen LogP) is 4.09. The van der Waals surface area contributed by atoms with Gasteiger partial charge < -0.3 is 15.0 Å². The summed E-state index contributed by atoms with van der Waals surface area (Å²) in [6.07, 6.45) is 2.15. The Hall–Kier alpha value is -2.70. The molecule has 5 rings (SSSR count). The lowest BCUT2D eigenvalue weighted by Gasteiger charge is -2.49. The van der Waals surface area contributed by atoms with Crippen molar-refractivity contribution in [2.75, 3.05) is 26.2 Å². The molecule has 0 amide bonds. The van der Waals surface area contributed by atoms with Gasteiger partial charge in [0.2, 0.25) is 0 Å². The Morgan fingerprint density at radius 3 is 2.55 bits per heavy atom. The second-order valence-corrected chi connectivity index (χ2v) is 9.30. The van der Waals surface area contributed by atoms with Gasteiger partial charge in [0.15, 0.2) is 0 Å². The first-order valence-corrected chi connectivity index (χ1v) is 11.9. The quantitative estimate of drug-likeness (QED) is 0.436. The van der Waals surface area contributed by atoms with Gasteiger partial charge >= 0.3 is 0 Å². The normalized spacial score (nSPS) is 20.2. The first-order chi connectivity index (χ1) is 16.1. The van der Waals surface area contributed by atoms with Gasteiger partial charge in [-0.05, 0) is 41.8 Å². The van der Waals surface area contributed by atoms with E-state index in [1.165, 1.54) is 11.1 Å². The molecule has 1 aliphatic rings. The second kappa shape index (κ2) is 9.65. The molecule has 0 saturated carbocycles. The molecule has 5 nitrogen and oxygen atoms in total. The van der Waals surface area contributed by atoms with Crippen LogP contribution in [0.25, 0.3) is 11.0 Å². The number of fused-ring (bicyclic) bond motifs is 1. The van der Waals surface area contributed by atoms with Crippen LogP contribution in [0.1, 0.15) is 11.1 Å². The number of halogens is 1. The Morgan fingerprint density at radius 2 is 1.73 bits per heavy atom. The van der Waals surface area contributed by atoms with Crippen molar-refractivity contribution in [3.8, 4) is 0 Å². The summed E-state index contributed by atoms with van der Waals surface area (Å²) >= 11 is 6.23. The molecule has 6 heteroatoms. The van der Waals surface area contributed by atoms with Crippen LogP contribution in [0, 0.1) is 0 Å². The number of piperazine rings is 1. The third-order valence-electron chi connectivity index (χ3n) is 6.67. The molecule has 2 N–H and O–H groups in total. The fraction of sp³-hybridized carbons (Fsp3) is 0.296. The Morgan fingerprint density at radius 1 is 0.970 bits per heavy atom. The lowest BCUT2D eigenvalue weighted by molar-refractivity contribution is 0.00720. The molecule has 33 heavy (non-hydrogen) atoms. The van der Waals surface area contributed by atoms with Gasteiger partial charge in [-0.1, -0.05) is 66.2 Å². The molecule has 1 fully saturated rings. The van der Waals surface area contributed by atoms with E-state index in [1.54, 1.807) is 0 Å². The van der Waals surface area contributed by atoms with E-state index in [0.717, 1.165) is 42.1 Å². The van der Waals surface area contributed by atoms with Crippen molar-refractivity contribution in [2.24, 2.45) is 0 Å². The highest BCUT2D eigenvalue weighted by Gasteiger charge is 2.41. The highest BCUT2D eigenvalue weighted by Crippen LogP contribution is 2.35. The zero-order valence-electron chi connectivity index (χ0n) is 18.6. The van der Waals surface area contributed by atoms with Crippen molar-refractivity contribution in [1.82, 2.24) is 19.8 Å². The van der Waals surface area contributed by atoms with Crippen LogP contribution in [0.4, 0.5) is 0 Å². The maximum absolute atomic E-state index is 11.2. The molecule has 2 atom stereocenters. The Bertz CT molecular complexity index is 1190. The molecule has 0 aliphatic carbocycles. The molecular formula is C27H29ClN4O. The Balaban J connectivity index is 1.44. The van der Waals surface area contributed by atoms with Crippen molar-refractivity contribution < 1.29 is 5.11 Å². The molecule has 0 radical (unpaired) electrons. The summed E-state index contributed by atoms with van der Waals surface area (Å²) in [6.45, 7) is 3.64. The van der Waals surface area contributed by atoms with Crippen molar-refractivity contribution in [3.63, 3.8) is 0 Å². The van der Waals surface area contributed by atoms with Crippen LogP contribution in [0.15, 0.2) is 85.2 Å². The van der Waals surface area contributed by atoms with E-state index < -0.39 is 6.10 Å². The molecule has 4 aromatic rings. The molecule has 0 spiro atoms. The van der Waals surface area contributed by atoms with Crippen molar-refractivity contribution >= 4 is 22.6 Å². The summed E-state index contributed by atoms with van der Waals surface area (Å²) in [5, 5.41) is 15.5. The van der Waals surface area contributed by atoms with Gasteiger partial charge in [-0.15, -0.1) is 0 Å². The van der Waals surface area contributed by atoms with E-state index in [-0.39, 0.29) is 5.54 Å². The maximum atomic E-state index is 11.2. The Labute approximate surface area is 199 Å². The maximum Gasteiger partial charge on any atom is 0.0959 e. The molecular weight excluding hydrogens is 432 g/mol. The summed E-state index contributed by atoms with van der Waals surface area (Å²) in [4.78, 5) is 6.92. The first kappa shape index (κ1) is 22.1. The number of nitrogens with zero attached hydrogens (tertiary/aromatic N) is 3. The summed E-state index contributed by atoms with van der Waals surface area (Å²) in [6, 6.07) is 26.8. The zero-order valence-corrected chi connectivity index (χ0v) is 19.3. The number of hydrogen-bond donors (Lipinski definition) is 2. The van der Waals surface area contributed by atoms with E-state index >= 15 is 0 Å². The lowest BCUT2D eigenvalue weighted by atomic mass is 9.80. The summed E-state index contributed by atoms with van der Waals surface area (Å²) < 4.78 is 2.05. The summed E-state index contributed by atoms with van der Waals surface area (Å²) in [5.41, 5.74) is 4.21. The van der Waals surface area contributed by atoms with Crippen LogP contribution in [0.2, 0.25) is 5.02 Å². The number of nitrogens with one attached hydrogen (secondary N) is 1. The summed E-state index contributed by atoms with van der Waals surface area (Å²) in [5.74, 6) is 0. The van der Waals surface area contributed by atoms with Gasteiger partial charge in [0.1, 0.15) is 0 Å². The van der Waals surface area contributed by atoms with Gasteiger partial charge in [-0.25, -0.2) is 4.98 Å². The van der Waals surface area contributed by atoms with E-state index in [4.69, 9.17) is 11.6 Å². The van der Waals surface area contributed by atoms with E-state index in [9.17, 15) is 5.11 Å². The lowest BCUT2D eigenvalue weighted by Crippen LogP contribution is -2.61. The fourth-order valence-corrected chi connectivity index (χ4v) is 5.18. The molecule has 3 aromatic carbocycles. The number of aliphatic hydroxyl groups is 1. The molecule has 170 valence electrons. The van der Waals surface area contributed by atoms with Gasteiger partial charge in [0.05, 0.1) is 35.5 Å². The van der Waals surface area contributed by atoms with Crippen LogP contribution in [-0.2, 0) is 18.5 Å². The minimum atomic E-state index is -0.525. The molecule has 2 heterocycles. The highest BCUT2D eigenvalue weighted by atomic mass is 35.5. The molecule has 1 aromatic heterocycles. The fourth-order valence-electron chi connectivity index (χ4n) is 5.05. The van der Waals surface area contributed by atoms with Crippen molar-refractivity contribution in [1.29, 1.82) is 0 Å². The number of hydrogen-bond acceptors (Lipinski definition) is 4. The van der Waals surface area contributed by atoms with Crippen LogP contribution in [0.5, 0.6) is 0 Å². The summed E-state index contributed by atoms with van der Waals surface area (Å²) in [7, 11) is 0. The smallest absolute Gasteiger partial charge is 0.0959 e. The third-order valence-corrected chi connectivity index (χ3v) is 6.92. The minimum absolute atomic E-state index is 0.276. The molecule has 1 aliphatic heterocycles. The van der Waals surface area contributed by atoms with Gasteiger partial charge in [-0.2, -0.15) is 0 Å². The Kier molecular flexibility index (Phi) is 6.47. The predicted molar refractivity (Wildman–Crippen MR) is 133 cm³/mol. The van der Waals surface area contributed by atoms with Crippen molar-refractivity contribution in [2.45, 2.75) is 24.6 Å². The number of benzene rings is 3. The molecule has 0 bridgehead atoms. The van der Waals surface area contributed by atoms with E-state index in [2.05, 4.69) is 57.7 Å². The zero-order chi connectivity index (χ0) is 22.7. The molecule has 2 unspecified atom stereocenters. The van der Waals surface area contributed by atoms with Crippen LogP contribution < -0.4 is 5.32 Å². The van der Waals surface area contributed by atoms with Gasteiger partial charge in [-0.3, -0.25) is 4.90 Å². The van der Waals surface area contributed by atoms with Crippen LogP contribution in [0.3, 0.4) is 0 Å². The third kappa shape index (κ3) is 4.68. The van der Waals surface area contributed by atoms with Crippen LogP contribution >= 0.6 is 11.6 Å². The SMILES string of the molecule is OC(CN1CCNCC1(Cc1ccccc1)c1ccc(Cl)cc1)Cn1cnc2ccccc21. The average Bonchev–Trinajstić information content (AvgIpc) is 3.24. The van der Waals surface area contributed by atoms with Gasteiger partial charge in [0, 0.05) is 31.2 Å². The number of aliphatic hydroxyl groups excluding tert-OH is 1. The number of imidazole rings is 1. The van der Waals surface area contributed by atoms with E-state index in [0.29, 0.717) is 13.1 Å². The van der Waals surface area contributed by atoms with Gasteiger partial charge in [0.25, 0.3) is 0 Å². The first-order valence-electron chi connectivity index (χ1n) is 11.5. The monoisotopic (exact) mass is 460 g/mol. The topological polar surface area (TPSA) is 53.3 Å². The average molecular weight is 461 g/mol. The highest BCUT2D eigenvalue weighted by molar-refractivity contribution is 6.30. The van der Waals surface area contributed by atoms with Crippen LogP contribution in [-0.4, -0.2) is 51.8 Å². The molecule has 1 saturated heterocycles. The standard InChI is InChI=1S/C27H29ClN4O/c28-23-12-10-22(11-13-23)27(16-21-6-2-1-3-7-21)19-29-14-15-32(27)18-24(33)17-31-20-30-25-8-4-5-9-26(25)31/h1-13,20,24,29,33H,14-19H2.